The van der Waals surface area contributed by atoms with Crippen molar-refractivity contribution in [3.63, 3.8) is 0 Å². The summed E-state index contributed by atoms with van der Waals surface area (Å²) < 4.78 is 17.3. The molecule has 38 heavy (non-hydrogen) atoms. The number of aryl methyl sites for hydroxylation is 1. The number of hydrogen-bond donors (Lipinski definition) is 0. The maximum Gasteiger partial charge on any atom is 0.353 e. The van der Waals surface area contributed by atoms with Crippen LogP contribution in [0.1, 0.15) is 82.4 Å². The SMILES string of the molecule is Cc1nc(=O)n(-c2nc3ccccc3n(C3C[C@H]4CCC[C@@H](C3)N4C3C[C@H]4CCC[C@@H](C3)C4)c2=O)cc1F. The van der Waals surface area contributed by atoms with E-state index in [1.54, 1.807) is 0 Å². The van der Waals surface area contributed by atoms with Crippen LogP contribution in [0.4, 0.5) is 4.39 Å². The normalized spacial score (nSPS) is 31.4. The Kier molecular flexibility index (Phi) is 5.98. The summed E-state index contributed by atoms with van der Waals surface area (Å²) in [5.74, 6) is 1.07. The second-order valence-electron chi connectivity index (χ2n) is 12.3. The van der Waals surface area contributed by atoms with Crippen LogP contribution in [-0.4, -0.2) is 42.1 Å². The van der Waals surface area contributed by atoms with Crippen molar-refractivity contribution in [2.45, 2.75) is 102 Å². The smallest absolute Gasteiger partial charge is 0.300 e. The third-order valence-electron chi connectivity index (χ3n) is 9.96. The number of aromatic nitrogens is 4. The van der Waals surface area contributed by atoms with Crippen LogP contribution in [-0.2, 0) is 0 Å². The summed E-state index contributed by atoms with van der Waals surface area (Å²) >= 11 is 0. The molecule has 0 spiro atoms. The van der Waals surface area contributed by atoms with E-state index in [4.69, 9.17) is 0 Å². The third-order valence-corrected chi connectivity index (χ3v) is 9.96. The topological polar surface area (TPSA) is 73.0 Å². The van der Waals surface area contributed by atoms with Gasteiger partial charge in [-0.15, -0.1) is 0 Å². The Hall–Kier alpha value is -2.87. The third kappa shape index (κ3) is 4.03. The summed E-state index contributed by atoms with van der Waals surface area (Å²) in [5, 5.41) is 0. The molecule has 6 atom stereocenters. The van der Waals surface area contributed by atoms with Crippen LogP contribution in [0.5, 0.6) is 0 Å². The van der Waals surface area contributed by atoms with Crippen LogP contribution in [0.2, 0.25) is 0 Å². The molecule has 8 heteroatoms. The number of hydrogen-bond acceptors (Lipinski definition) is 5. The van der Waals surface area contributed by atoms with Crippen molar-refractivity contribution in [1.29, 1.82) is 0 Å². The summed E-state index contributed by atoms with van der Waals surface area (Å²) in [7, 11) is 0. The summed E-state index contributed by atoms with van der Waals surface area (Å²) in [6.07, 6.45) is 14.8. The molecule has 200 valence electrons. The van der Waals surface area contributed by atoms with E-state index in [9.17, 15) is 14.0 Å². The molecule has 3 aromatic rings. The number of nitrogens with zero attached hydrogens (tertiary/aromatic N) is 5. The number of fused-ring (bicyclic) bond motifs is 5. The Bertz CT molecular complexity index is 1470. The molecule has 2 aliphatic carbocycles. The molecule has 1 aromatic carbocycles. The van der Waals surface area contributed by atoms with Crippen LogP contribution in [0.3, 0.4) is 0 Å². The predicted octanol–water partition coefficient (Wildman–Crippen LogP) is 4.92. The average molecular weight is 518 g/mol. The molecular formula is C30H36FN5O2. The van der Waals surface area contributed by atoms with Crippen molar-refractivity contribution in [3.05, 3.63) is 62.8 Å². The van der Waals surface area contributed by atoms with E-state index in [0.29, 0.717) is 23.6 Å². The Morgan fingerprint density at radius 3 is 2.24 bits per heavy atom. The summed E-state index contributed by atoms with van der Waals surface area (Å²) in [5.41, 5.74) is 0.380. The second-order valence-corrected chi connectivity index (χ2v) is 12.3. The van der Waals surface area contributed by atoms with E-state index < -0.39 is 11.5 Å². The van der Waals surface area contributed by atoms with Gasteiger partial charge in [-0.2, -0.15) is 4.98 Å². The van der Waals surface area contributed by atoms with Crippen molar-refractivity contribution >= 4 is 11.0 Å². The van der Waals surface area contributed by atoms with Gasteiger partial charge in [0, 0.05) is 24.2 Å². The van der Waals surface area contributed by atoms with E-state index in [-0.39, 0.29) is 23.1 Å². The largest absolute Gasteiger partial charge is 0.353 e. The summed E-state index contributed by atoms with van der Waals surface area (Å²) in [6, 6.07) is 9.24. The van der Waals surface area contributed by atoms with Crippen molar-refractivity contribution in [1.82, 2.24) is 24.0 Å². The van der Waals surface area contributed by atoms with Crippen LogP contribution >= 0.6 is 0 Å². The maximum absolute atomic E-state index is 14.4. The van der Waals surface area contributed by atoms with Crippen molar-refractivity contribution in [2.24, 2.45) is 11.8 Å². The van der Waals surface area contributed by atoms with Gasteiger partial charge in [-0.05, 0) is 75.8 Å². The number of rotatable bonds is 3. The van der Waals surface area contributed by atoms with Gasteiger partial charge >= 0.3 is 5.69 Å². The summed E-state index contributed by atoms with van der Waals surface area (Å²) in [4.78, 5) is 38.0. The molecule has 2 aliphatic heterocycles. The van der Waals surface area contributed by atoms with Crippen molar-refractivity contribution in [2.75, 3.05) is 0 Å². The molecule has 4 heterocycles. The number of piperidine rings is 2. The molecule has 7 rings (SSSR count). The zero-order valence-electron chi connectivity index (χ0n) is 22.1. The molecule has 7 nitrogen and oxygen atoms in total. The summed E-state index contributed by atoms with van der Waals surface area (Å²) in [6.45, 7) is 1.44. The fraction of sp³-hybridized carbons (Fsp3) is 0.600. The van der Waals surface area contributed by atoms with Gasteiger partial charge in [-0.1, -0.05) is 37.8 Å². The van der Waals surface area contributed by atoms with Crippen LogP contribution in [0.15, 0.2) is 40.1 Å². The minimum Gasteiger partial charge on any atom is -0.300 e. The number of para-hydroxylation sites is 2. The van der Waals surface area contributed by atoms with Gasteiger partial charge < -0.3 is 4.57 Å². The number of halogens is 1. The molecule has 2 unspecified atom stereocenters. The Labute approximate surface area is 221 Å². The van der Waals surface area contributed by atoms with Gasteiger partial charge in [-0.3, -0.25) is 9.69 Å². The minimum absolute atomic E-state index is 0.0133. The first-order valence-corrected chi connectivity index (χ1v) is 14.5. The van der Waals surface area contributed by atoms with Gasteiger partial charge in [-0.25, -0.2) is 18.7 Å². The minimum atomic E-state index is -0.690. The van der Waals surface area contributed by atoms with Gasteiger partial charge in [0.1, 0.15) is 0 Å². The highest BCUT2D eigenvalue weighted by Gasteiger charge is 2.45. The van der Waals surface area contributed by atoms with Crippen LogP contribution < -0.4 is 11.2 Å². The Balaban J connectivity index is 1.28. The van der Waals surface area contributed by atoms with Gasteiger partial charge in [0.15, 0.2) is 5.82 Å². The molecule has 4 fully saturated rings. The quantitative estimate of drug-likeness (QED) is 0.493. The molecule has 2 saturated heterocycles. The fourth-order valence-electron chi connectivity index (χ4n) is 8.46. The van der Waals surface area contributed by atoms with Gasteiger partial charge in [0.25, 0.3) is 5.56 Å². The monoisotopic (exact) mass is 517 g/mol. The second kappa shape index (κ2) is 9.40. The van der Waals surface area contributed by atoms with E-state index in [1.807, 2.05) is 28.8 Å². The Morgan fingerprint density at radius 1 is 0.816 bits per heavy atom. The van der Waals surface area contributed by atoms with Crippen LogP contribution in [0, 0.1) is 24.6 Å². The first-order chi connectivity index (χ1) is 18.5. The van der Waals surface area contributed by atoms with E-state index >= 15 is 0 Å². The molecule has 0 N–H and O–H groups in total. The molecule has 2 saturated carbocycles. The number of benzene rings is 1. The van der Waals surface area contributed by atoms with E-state index in [0.717, 1.165) is 41.0 Å². The lowest BCUT2D eigenvalue weighted by atomic mass is 9.68. The molecule has 2 aromatic heterocycles. The van der Waals surface area contributed by atoms with Crippen molar-refractivity contribution < 1.29 is 4.39 Å². The molecule has 0 amide bonds. The van der Waals surface area contributed by atoms with Crippen molar-refractivity contribution in [3.8, 4) is 5.82 Å². The molecular weight excluding hydrogens is 481 g/mol. The van der Waals surface area contributed by atoms with Gasteiger partial charge in [0.05, 0.1) is 22.9 Å². The van der Waals surface area contributed by atoms with Crippen LogP contribution in [0.25, 0.3) is 16.9 Å². The highest BCUT2D eigenvalue weighted by molar-refractivity contribution is 5.75. The zero-order valence-corrected chi connectivity index (χ0v) is 22.1. The van der Waals surface area contributed by atoms with Gasteiger partial charge in [0.2, 0.25) is 5.82 Å². The lowest BCUT2D eigenvalue weighted by Gasteiger charge is -2.55. The highest BCUT2D eigenvalue weighted by atomic mass is 19.1. The zero-order chi connectivity index (χ0) is 26.0. The first-order valence-electron chi connectivity index (χ1n) is 14.5. The lowest BCUT2D eigenvalue weighted by molar-refractivity contribution is -0.0485. The highest BCUT2D eigenvalue weighted by Crippen LogP contribution is 2.47. The first kappa shape index (κ1) is 24.2. The van der Waals surface area contributed by atoms with E-state index in [1.165, 1.54) is 64.7 Å². The molecule has 4 aliphatic rings. The molecule has 4 bridgehead atoms. The maximum atomic E-state index is 14.4. The Morgan fingerprint density at radius 2 is 1.50 bits per heavy atom. The standard InChI is InChI=1S/C30H36FN5O2/c1-18-25(31)17-34(30(38)32-18)28-29(37)36(27-11-3-2-10-26(27)33-28)24-15-21-8-5-9-22(16-24)35(21)23-13-19-6-4-7-20(12-19)14-23/h2-3,10-11,17,19-24H,4-9,12-16H2,1H3/t19-,20+,21-,22+,23?,24?. The van der Waals surface area contributed by atoms with E-state index in [2.05, 4.69) is 14.9 Å². The average Bonchev–Trinajstić information content (AvgIpc) is 2.89. The molecule has 0 radical (unpaired) electrons. The fourth-order valence-corrected chi connectivity index (χ4v) is 8.46. The predicted molar refractivity (Wildman–Crippen MR) is 144 cm³/mol. The lowest BCUT2D eigenvalue weighted by Crippen LogP contribution is -2.58.